The zero-order chi connectivity index (χ0) is 17.4. The summed E-state index contributed by atoms with van der Waals surface area (Å²) in [4.78, 5) is 20.4. The summed E-state index contributed by atoms with van der Waals surface area (Å²) in [5.74, 6) is 0.618. The van der Waals surface area contributed by atoms with Gasteiger partial charge < -0.3 is 15.7 Å². The number of carbonyl (C=O) groups excluding carboxylic acids is 1. The SMILES string of the molecule is CC(C)(CO)CCCNC(=O)Nc1cnc(-c2ccccc2)nc1. The van der Waals surface area contributed by atoms with Crippen LogP contribution in [-0.4, -0.2) is 34.3 Å². The number of nitrogens with one attached hydrogen (secondary N) is 2. The first-order chi connectivity index (χ1) is 11.5. The Kier molecular flexibility index (Phi) is 6.26. The van der Waals surface area contributed by atoms with Gasteiger partial charge in [-0.05, 0) is 18.3 Å². The quantitative estimate of drug-likeness (QED) is 0.682. The number of aliphatic hydroxyl groups excluding tert-OH is 1. The van der Waals surface area contributed by atoms with Gasteiger partial charge in [-0.2, -0.15) is 0 Å². The molecule has 0 aliphatic carbocycles. The minimum atomic E-state index is -0.284. The third-order valence-corrected chi connectivity index (χ3v) is 3.69. The van der Waals surface area contributed by atoms with Crippen molar-refractivity contribution >= 4 is 11.7 Å². The summed E-state index contributed by atoms with van der Waals surface area (Å²) in [6.45, 7) is 4.69. The van der Waals surface area contributed by atoms with Crippen molar-refractivity contribution in [3.63, 3.8) is 0 Å². The summed E-state index contributed by atoms with van der Waals surface area (Å²) < 4.78 is 0. The lowest BCUT2D eigenvalue weighted by Crippen LogP contribution is -2.30. The Balaban J connectivity index is 1.78. The van der Waals surface area contributed by atoms with E-state index in [9.17, 15) is 9.90 Å². The van der Waals surface area contributed by atoms with Gasteiger partial charge in [0.2, 0.25) is 0 Å². The highest BCUT2D eigenvalue weighted by atomic mass is 16.3. The third kappa shape index (κ3) is 5.62. The third-order valence-electron chi connectivity index (χ3n) is 3.69. The molecule has 0 unspecified atom stereocenters. The number of nitrogens with zero attached hydrogens (tertiary/aromatic N) is 2. The number of aliphatic hydroxyl groups is 1. The average Bonchev–Trinajstić information content (AvgIpc) is 2.60. The molecule has 0 aliphatic rings. The summed E-state index contributed by atoms with van der Waals surface area (Å²) in [5, 5.41) is 14.7. The first-order valence-corrected chi connectivity index (χ1v) is 8.03. The van der Waals surface area contributed by atoms with E-state index in [-0.39, 0.29) is 18.1 Å². The molecule has 1 heterocycles. The highest BCUT2D eigenvalue weighted by Crippen LogP contribution is 2.20. The van der Waals surface area contributed by atoms with Crippen molar-refractivity contribution in [1.29, 1.82) is 0 Å². The Hall–Kier alpha value is -2.47. The summed E-state index contributed by atoms with van der Waals surface area (Å²) in [7, 11) is 0. The van der Waals surface area contributed by atoms with Gasteiger partial charge in [-0.3, -0.25) is 0 Å². The van der Waals surface area contributed by atoms with Crippen LogP contribution in [0.25, 0.3) is 11.4 Å². The Bertz CT molecular complexity index is 642. The molecule has 1 aromatic heterocycles. The summed E-state index contributed by atoms with van der Waals surface area (Å²) >= 11 is 0. The lowest BCUT2D eigenvalue weighted by Gasteiger charge is -2.21. The molecule has 24 heavy (non-hydrogen) atoms. The van der Waals surface area contributed by atoms with Crippen molar-refractivity contribution in [2.75, 3.05) is 18.5 Å². The van der Waals surface area contributed by atoms with Crippen LogP contribution in [0, 0.1) is 5.41 Å². The smallest absolute Gasteiger partial charge is 0.319 e. The van der Waals surface area contributed by atoms with Crippen LogP contribution in [0.1, 0.15) is 26.7 Å². The molecular weight excluding hydrogens is 304 g/mol. The Morgan fingerprint density at radius 2 is 1.83 bits per heavy atom. The van der Waals surface area contributed by atoms with Gasteiger partial charge in [-0.1, -0.05) is 44.2 Å². The number of urea groups is 1. The number of benzene rings is 1. The van der Waals surface area contributed by atoms with Crippen molar-refractivity contribution in [1.82, 2.24) is 15.3 Å². The molecule has 3 N–H and O–H groups in total. The molecule has 1 aromatic carbocycles. The predicted octanol–water partition coefficient (Wildman–Crippen LogP) is 3.06. The van der Waals surface area contributed by atoms with Crippen LogP contribution >= 0.6 is 0 Å². The Labute approximate surface area is 142 Å². The topological polar surface area (TPSA) is 87.1 Å². The standard InChI is InChI=1S/C18H24N4O2/c1-18(2,13-23)9-6-10-19-17(24)22-15-11-20-16(21-12-15)14-7-4-3-5-8-14/h3-5,7-8,11-12,23H,6,9-10,13H2,1-2H3,(H2,19,22,24). The number of amides is 2. The van der Waals surface area contributed by atoms with Crippen LogP contribution in [0.15, 0.2) is 42.7 Å². The van der Waals surface area contributed by atoms with Gasteiger partial charge in [0.05, 0.1) is 18.1 Å². The molecule has 0 bridgehead atoms. The second-order valence-electron chi connectivity index (χ2n) is 6.47. The molecule has 0 saturated carbocycles. The van der Waals surface area contributed by atoms with E-state index in [1.54, 1.807) is 12.4 Å². The van der Waals surface area contributed by atoms with Crippen LogP contribution in [-0.2, 0) is 0 Å². The van der Waals surface area contributed by atoms with Crippen LogP contribution in [0.2, 0.25) is 0 Å². The van der Waals surface area contributed by atoms with Gasteiger partial charge in [-0.15, -0.1) is 0 Å². The Morgan fingerprint density at radius 3 is 2.46 bits per heavy atom. The largest absolute Gasteiger partial charge is 0.396 e. The highest BCUT2D eigenvalue weighted by molar-refractivity contribution is 5.88. The lowest BCUT2D eigenvalue weighted by molar-refractivity contribution is 0.148. The molecule has 0 aliphatic heterocycles. The number of aromatic nitrogens is 2. The van der Waals surface area contributed by atoms with Crippen molar-refractivity contribution in [2.45, 2.75) is 26.7 Å². The number of hydrogen-bond acceptors (Lipinski definition) is 4. The molecule has 2 aromatic rings. The van der Waals surface area contributed by atoms with Crippen molar-refractivity contribution in [3.05, 3.63) is 42.7 Å². The predicted molar refractivity (Wildman–Crippen MR) is 94.6 cm³/mol. The monoisotopic (exact) mass is 328 g/mol. The van der Waals surface area contributed by atoms with Crippen LogP contribution in [0.4, 0.5) is 10.5 Å². The normalized spacial score (nSPS) is 11.1. The van der Waals surface area contributed by atoms with E-state index in [0.29, 0.717) is 18.1 Å². The van der Waals surface area contributed by atoms with E-state index >= 15 is 0 Å². The number of hydrogen-bond donors (Lipinski definition) is 3. The van der Waals surface area contributed by atoms with E-state index in [4.69, 9.17) is 0 Å². The molecule has 2 rings (SSSR count). The first-order valence-electron chi connectivity index (χ1n) is 8.03. The van der Waals surface area contributed by atoms with Gasteiger partial charge in [0.15, 0.2) is 5.82 Å². The number of rotatable bonds is 7. The highest BCUT2D eigenvalue weighted by Gasteiger charge is 2.15. The minimum Gasteiger partial charge on any atom is -0.396 e. The Morgan fingerprint density at radius 1 is 1.17 bits per heavy atom. The molecule has 0 spiro atoms. The minimum absolute atomic E-state index is 0.112. The van der Waals surface area contributed by atoms with Gasteiger partial charge in [-0.25, -0.2) is 14.8 Å². The van der Waals surface area contributed by atoms with E-state index in [2.05, 4.69) is 20.6 Å². The maximum absolute atomic E-state index is 11.8. The fourth-order valence-corrected chi connectivity index (χ4v) is 2.15. The van der Waals surface area contributed by atoms with E-state index in [1.807, 2.05) is 44.2 Å². The van der Waals surface area contributed by atoms with Crippen molar-refractivity contribution in [2.24, 2.45) is 5.41 Å². The van der Waals surface area contributed by atoms with Crippen molar-refractivity contribution in [3.8, 4) is 11.4 Å². The maximum atomic E-state index is 11.8. The fraction of sp³-hybridized carbons (Fsp3) is 0.389. The van der Waals surface area contributed by atoms with Crippen molar-refractivity contribution < 1.29 is 9.90 Å². The van der Waals surface area contributed by atoms with Crippen LogP contribution < -0.4 is 10.6 Å². The summed E-state index contributed by atoms with van der Waals surface area (Å²) in [5.41, 5.74) is 1.36. The van der Waals surface area contributed by atoms with Gasteiger partial charge in [0.25, 0.3) is 0 Å². The van der Waals surface area contributed by atoms with Crippen LogP contribution in [0.3, 0.4) is 0 Å². The van der Waals surface area contributed by atoms with Crippen LogP contribution in [0.5, 0.6) is 0 Å². The molecule has 128 valence electrons. The first kappa shape index (κ1) is 17.9. The van der Waals surface area contributed by atoms with Gasteiger partial charge in [0, 0.05) is 18.7 Å². The number of carbonyl (C=O) groups is 1. The molecule has 6 heteroatoms. The van der Waals surface area contributed by atoms with Gasteiger partial charge in [0.1, 0.15) is 0 Å². The second kappa shape index (κ2) is 8.40. The molecule has 6 nitrogen and oxygen atoms in total. The molecule has 0 radical (unpaired) electrons. The van der Waals surface area contributed by atoms with E-state index in [1.165, 1.54) is 0 Å². The zero-order valence-electron chi connectivity index (χ0n) is 14.1. The van der Waals surface area contributed by atoms with Gasteiger partial charge >= 0.3 is 6.03 Å². The second-order valence-corrected chi connectivity index (χ2v) is 6.47. The summed E-state index contributed by atoms with van der Waals surface area (Å²) in [6, 6.07) is 9.37. The number of anilines is 1. The van der Waals surface area contributed by atoms with E-state index in [0.717, 1.165) is 18.4 Å². The molecule has 0 atom stereocenters. The molecule has 0 saturated heterocycles. The molecule has 0 fully saturated rings. The lowest BCUT2D eigenvalue weighted by atomic mass is 9.89. The fourth-order valence-electron chi connectivity index (χ4n) is 2.15. The maximum Gasteiger partial charge on any atom is 0.319 e. The zero-order valence-corrected chi connectivity index (χ0v) is 14.1. The van der Waals surface area contributed by atoms with E-state index < -0.39 is 0 Å². The molecular formula is C18H24N4O2. The molecule has 2 amide bonds. The summed E-state index contributed by atoms with van der Waals surface area (Å²) in [6.07, 6.45) is 4.83. The average molecular weight is 328 g/mol.